The maximum absolute atomic E-state index is 11.8. The van der Waals surface area contributed by atoms with Crippen LogP contribution >= 0.6 is 11.6 Å². The molecule has 0 unspecified atom stereocenters. The highest BCUT2D eigenvalue weighted by molar-refractivity contribution is 6.31. The summed E-state index contributed by atoms with van der Waals surface area (Å²) in [7, 11) is 3.43. The summed E-state index contributed by atoms with van der Waals surface area (Å²) in [6, 6.07) is 11.6. The lowest BCUT2D eigenvalue weighted by atomic mass is 10.00. The Morgan fingerprint density at radius 1 is 1.19 bits per heavy atom. The van der Waals surface area contributed by atoms with Gasteiger partial charge in [-0.25, -0.2) is 4.98 Å². The fraction of sp³-hybridized carbons (Fsp3) is 0.158. The number of nitriles is 1. The van der Waals surface area contributed by atoms with Crippen LogP contribution in [0, 0.1) is 11.3 Å². The Kier molecular flexibility index (Phi) is 5.01. The molecule has 0 aliphatic rings. The summed E-state index contributed by atoms with van der Waals surface area (Å²) in [6.45, 7) is 0.201. The van der Waals surface area contributed by atoms with Crippen LogP contribution in [0.2, 0.25) is 5.15 Å². The minimum Gasteiger partial charge on any atom is -0.347 e. The van der Waals surface area contributed by atoms with E-state index in [1.807, 2.05) is 30.5 Å². The number of hydrogen-bond donors (Lipinski definition) is 0. The topological polar surface area (TPSA) is 74.8 Å². The third-order valence-corrected chi connectivity index (χ3v) is 4.26. The van der Waals surface area contributed by atoms with E-state index in [-0.39, 0.29) is 17.6 Å². The first-order chi connectivity index (χ1) is 12.5. The van der Waals surface area contributed by atoms with Gasteiger partial charge < -0.3 is 4.90 Å². The van der Waals surface area contributed by atoms with Gasteiger partial charge in [0.2, 0.25) is 5.91 Å². The zero-order valence-electron chi connectivity index (χ0n) is 14.3. The lowest BCUT2D eigenvalue weighted by Crippen LogP contribution is -2.26. The van der Waals surface area contributed by atoms with Crippen molar-refractivity contribution in [2.45, 2.75) is 6.54 Å². The molecule has 1 aromatic carbocycles. The molecule has 3 rings (SSSR count). The molecule has 0 spiro atoms. The number of likely N-dealkylation sites (N-methyl/N-ethyl adjacent to an activating group) is 1. The van der Waals surface area contributed by atoms with E-state index in [0.29, 0.717) is 5.56 Å². The van der Waals surface area contributed by atoms with E-state index < -0.39 is 0 Å². The van der Waals surface area contributed by atoms with Crippen molar-refractivity contribution in [1.82, 2.24) is 19.7 Å². The Morgan fingerprint density at radius 3 is 2.54 bits per heavy atom. The van der Waals surface area contributed by atoms with Crippen LogP contribution in [0.25, 0.3) is 22.3 Å². The van der Waals surface area contributed by atoms with Crippen molar-refractivity contribution in [2.24, 2.45) is 0 Å². The van der Waals surface area contributed by atoms with Gasteiger partial charge in [-0.2, -0.15) is 10.4 Å². The van der Waals surface area contributed by atoms with Crippen molar-refractivity contribution in [3.63, 3.8) is 0 Å². The van der Waals surface area contributed by atoms with Crippen molar-refractivity contribution in [3.8, 4) is 28.3 Å². The van der Waals surface area contributed by atoms with Crippen molar-refractivity contribution < 1.29 is 4.79 Å². The van der Waals surface area contributed by atoms with Gasteiger partial charge in [0.1, 0.15) is 17.8 Å². The third-order valence-electron chi connectivity index (χ3n) is 3.98. The minimum absolute atomic E-state index is 0.0198. The Bertz CT molecular complexity index is 986. The number of amides is 1. The van der Waals surface area contributed by atoms with E-state index in [1.165, 1.54) is 4.90 Å². The second-order valence-electron chi connectivity index (χ2n) is 5.93. The summed E-state index contributed by atoms with van der Waals surface area (Å²) >= 11 is 6.00. The minimum atomic E-state index is -0.0198. The van der Waals surface area contributed by atoms with Crippen LogP contribution in [0.3, 0.4) is 0 Å². The van der Waals surface area contributed by atoms with Gasteiger partial charge in [-0.15, -0.1) is 0 Å². The fourth-order valence-electron chi connectivity index (χ4n) is 2.50. The SMILES string of the molecule is CN(C)C(=O)Cn1cc(-c2ccc(-c3ccnc(Cl)c3C#N)cc2)cn1. The molecule has 0 fully saturated rings. The number of nitrogens with zero attached hydrogens (tertiary/aromatic N) is 5. The van der Waals surface area contributed by atoms with Gasteiger partial charge in [-0.3, -0.25) is 9.48 Å². The highest BCUT2D eigenvalue weighted by Gasteiger charge is 2.11. The van der Waals surface area contributed by atoms with Crippen molar-refractivity contribution in [3.05, 3.63) is 59.6 Å². The molecule has 6 nitrogen and oxygen atoms in total. The molecule has 1 amide bonds. The van der Waals surface area contributed by atoms with Gasteiger partial charge >= 0.3 is 0 Å². The average molecular weight is 366 g/mol. The molecule has 2 aromatic heterocycles. The molecule has 7 heteroatoms. The number of halogens is 1. The first-order valence-corrected chi connectivity index (χ1v) is 8.25. The van der Waals surface area contributed by atoms with Crippen LogP contribution in [0.5, 0.6) is 0 Å². The van der Waals surface area contributed by atoms with Crippen LogP contribution in [-0.4, -0.2) is 39.7 Å². The molecule has 0 atom stereocenters. The second kappa shape index (κ2) is 7.38. The van der Waals surface area contributed by atoms with E-state index in [4.69, 9.17) is 11.6 Å². The summed E-state index contributed by atoms with van der Waals surface area (Å²) in [4.78, 5) is 17.2. The zero-order valence-corrected chi connectivity index (χ0v) is 15.1. The van der Waals surface area contributed by atoms with E-state index in [9.17, 15) is 10.1 Å². The second-order valence-corrected chi connectivity index (χ2v) is 6.29. The van der Waals surface area contributed by atoms with Crippen LogP contribution in [0.4, 0.5) is 0 Å². The molecule has 0 saturated heterocycles. The quantitative estimate of drug-likeness (QED) is 0.665. The predicted molar refractivity (Wildman–Crippen MR) is 99.3 cm³/mol. The number of benzene rings is 1. The van der Waals surface area contributed by atoms with Crippen LogP contribution in [0.1, 0.15) is 5.56 Å². The first kappa shape index (κ1) is 17.6. The summed E-state index contributed by atoms with van der Waals surface area (Å²) in [5.41, 5.74) is 3.86. The molecule has 0 radical (unpaired) electrons. The predicted octanol–water partition coefficient (Wildman–Crippen LogP) is 3.23. The normalized spacial score (nSPS) is 10.4. The van der Waals surface area contributed by atoms with Gasteiger partial charge in [0.15, 0.2) is 0 Å². The van der Waals surface area contributed by atoms with Crippen molar-refractivity contribution in [1.29, 1.82) is 5.26 Å². The first-order valence-electron chi connectivity index (χ1n) is 7.87. The summed E-state index contributed by atoms with van der Waals surface area (Å²) in [6.07, 6.45) is 5.14. The summed E-state index contributed by atoms with van der Waals surface area (Å²) in [5.74, 6) is -0.0198. The zero-order chi connectivity index (χ0) is 18.7. The number of carbonyl (C=O) groups is 1. The fourth-order valence-corrected chi connectivity index (χ4v) is 2.70. The molecule has 130 valence electrons. The van der Waals surface area contributed by atoms with Gasteiger partial charge in [-0.05, 0) is 17.2 Å². The molecule has 2 heterocycles. The molecular formula is C19H16ClN5O. The monoisotopic (exact) mass is 365 g/mol. The van der Waals surface area contributed by atoms with Gasteiger partial charge in [0.05, 0.1) is 11.8 Å². The smallest absolute Gasteiger partial charge is 0.243 e. The highest BCUT2D eigenvalue weighted by atomic mass is 35.5. The number of hydrogen-bond acceptors (Lipinski definition) is 4. The molecule has 3 aromatic rings. The standard InChI is InChI=1S/C19H16ClN5O/c1-24(2)18(26)12-25-11-15(10-23-25)13-3-5-14(6-4-13)16-7-8-22-19(20)17(16)9-21/h3-8,10-11H,12H2,1-2H3. The highest BCUT2D eigenvalue weighted by Crippen LogP contribution is 2.29. The third kappa shape index (κ3) is 3.58. The van der Waals surface area contributed by atoms with Gasteiger partial charge in [0, 0.05) is 37.6 Å². The van der Waals surface area contributed by atoms with Crippen LogP contribution in [-0.2, 0) is 11.3 Å². The van der Waals surface area contributed by atoms with Crippen molar-refractivity contribution in [2.75, 3.05) is 14.1 Å². The number of rotatable bonds is 4. The molecule has 0 N–H and O–H groups in total. The molecule has 0 bridgehead atoms. The summed E-state index contributed by atoms with van der Waals surface area (Å²) < 4.78 is 1.61. The maximum atomic E-state index is 11.8. The average Bonchev–Trinajstić information content (AvgIpc) is 3.10. The number of aromatic nitrogens is 3. The van der Waals surface area contributed by atoms with E-state index >= 15 is 0 Å². The molecular weight excluding hydrogens is 350 g/mol. The largest absolute Gasteiger partial charge is 0.347 e. The summed E-state index contributed by atoms with van der Waals surface area (Å²) in [5, 5.41) is 13.7. The molecule has 26 heavy (non-hydrogen) atoms. The van der Waals surface area contributed by atoms with Crippen LogP contribution in [0.15, 0.2) is 48.9 Å². The molecule has 0 saturated carbocycles. The molecule has 0 aliphatic carbocycles. The number of pyridine rings is 1. The van der Waals surface area contributed by atoms with E-state index in [0.717, 1.165) is 22.3 Å². The Labute approximate surface area is 156 Å². The molecule has 0 aliphatic heterocycles. The Morgan fingerprint density at radius 2 is 1.88 bits per heavy atom. The maximum Gasteiger partial charge on any atom is 0.243 e. The van der Waals surface area contributed by atoms with E-state index in [2.05, 4.69) is 16.2 Å². The lowest BCUT2D eigenvalue weighted by molar-refractivity contribution is -0.129. The van der Waals surface area contributed by atoms with E-state index in [1.54, 1.807) is 37.2 Å². The van der Waals surface area contributed by atoms with Crippen molar-refractivity contribution >= 4 is 17.5 Å². The van der Waals surface area contributed by atoms with Gasteiger partial charge in [-0.1, -0.05) is 35.9 Å². The lowest BCUT2D eigenvalue weighted by Gasteiger charge is -2.09. The Balaban J connectivity index is 1.85. The van der Waals surface area contributed by atoms with Gasteiger partial charge in [0.25, 0.3) is 0 Å². The van der Waals surface area contributed by atoms with Crippen LogP contribution < -0.4 is 0 Å². The Hall–Kier alpha value is -3.17. The number of carbonyl (C=O) groups excluding carboxylic acids is 1.